The first-order chi connectivity index (χ1) is 22.8. The molecule has 246 valence electrons. The van der Waals surface area contributed by atoms with Gasteiger partial charge in [0.1, 0.15) is 11.5 Å². The molecule has 0 aromatic heterocycles. The monoisotopic (exact) mass is 638 g/mol. The van der Waals surface area contributed by atoms with Crippen LogP contribution in [0.25, 0.3) is 33.4 Å². The molecule has 0 bridgehead atoms. The largest absolute Gasteiger partial charge is 0.467 e. The van der Waals surface area contributed by atoms with Gasteiger partial charge in [0.05, 0.1) is 18.8 Å². The van der Waals surface area contributed by atoms with Gasteiger partial charge in [-0.05, 0) is 76.1 Å². The number of hydrogen-bond acceptors (Lipinski definition) is 8. The summed E-state index contributed by atoms with van der Waals surface area (Å²) < 4.78 is 21.1. The molecule has 4 rings (SSSR count). The number of aliphatic hydroxyl groups is 3. The van der Waals surface area contributed by atoms with Gasteiger partial charge in [-0.3, -0.25) is 0 Å². The van der Waals surface area contributed by atoms with Crippen molar-refractivity contribution in [3.63, 3.8) is 0 Å². The zero-order chi connectivity index (χ0) is 33.6. The van der Waals surface area contributed by atoms with E-state index in [0.29, 0.717) is 11.5 Å². The Morgan fingerprint density at radius 2 is 1.23 bits per heavy atom. The van der Waals surface area contributed by atoms with Gasteiger partial charge in [-0.2, -0.15) is 0 Å². The van der Waals surface area contributed by atoms with Gasteiger partial charge in [-0.25, -0.2) is 4.79 Å². The van der Waals surface area contributed by atoms with E-state index >= 15 is 0 Å². The molecule has 3 N–H and O–H groups in total. The van der Waals surface area contributed by atoms with Crippen molar-refractivity contribution in [2.45, 2.75) is 38.9 Å². The van der Waals surface area contributed by atoms with E-state index in [4.69, 9.17) is 29.2 Å². The summed E-state index contributed by atoms with van der Waals surface area (Å²) in [5.41, 5.74) is 8.04. The third-order valence-electron chi connectivity index (χ3n) is 7.63. The van der Waals surface area contributed by atoms with Gasteiger partial charge in [0, 0.05) is 5.57 Å². The molecule has 1 unspecified atom stereocenters. The number of ether oxygens (including phenoxy) is 4. The van der Waals surface area contributed by atoms with Crippen molar-refractivity contribution in [1.29, 1.82) is 0 Å². The normalized spacial score (nSPS) is 11.5. The van der Waals surface area contributed by atoms with Crippen molar-refractivity contribution in [3.8, 4) is 44.9 Å². The highest BCUT2D eigenvalue weighted by molar-refractivity contribution is 5.87. The Morgan fingerprint density at radius 1 is 0.702 bits per heavy atom. The van der Waals surface area contributed by atoms with Crippen molar-refractivity contribution in [2.24, 2.45) is 0 Å². The fourth-order valence-electron chi connectivity index (χ4n) is 4.84. The third-order valence-corrected chi connectivity index (χ3v) is 7.63. The summed E-state index contributed by atoms with van der Waals surface area (Å²) >= 11 is 0. The average molecular weight is 639 g/mol. The number of carbonyl (C=O) groups is 1. The maximum Gasteiger partial charge on any atom is 0.338 e. The first-order valence-corrected chi connectivity index (χ1v) is 15.6. The van der Waals surface area contributed by atoms with Crippen LogP contribution < -0.4 is 9.47 Å². The Kier molecular flexibility index (Phi) is 13.3. The molecule has 47 heavy (non-hydrogen) atoms. The van der Waals surface area contributed by atoms with E-state index < -0.39 is 18.9 Å². The number of esters is 1. The van der Waals surface area contributed by atoms with Gasteiger partial charge < -0.3 is 34.3 Å². The van der Waals surface area contributed by atoms with Gasteiger partial charge in [-0.1, -0.05) is 99.7 Å². The van der Waals surface area contributed by atoms with E-state index in [-0.39, 0.29) is 31.3 Å². The van der Waals surface area contributed by atoms with E-state index in [1.807, 2.05) is 48.5 Å². The van der Waals surface area contributed by atoms with Gasteiger partial charge in [0.15, 0.2) is 13.1 Å². The molecular formula is C39H42O8. The molecule has 0 aliphatic heterocycles. The number of carbonyl (C=O) groups excluding carboxylic acids is 1. The molecule has 0 fully saturated rings. The zero-order valence-corrected chi connectivity index (χ0v) is 26.7. The first-order valence-electron chi connectivity index (χ1n) is 15.6. The summed E-state index contributed by atoms with van der Waals surface area (Å²) in [5, 5.41) is 27.7. The number of aliphatic hydroxyl groups excluding tert-OH is 3. The lowest BCUT2D eigenvalue weighted by Gasteiger charge is -2.15. The number of benzene rings is 4. The number of hydrogen-bond donors (Lipinski definition) is 3. The second-order valence-electron chi connectivity index (χ2n) is 11.0. The van der Waals surface area contributed by atoms with Crippen LogP contribution in [0.5, 0.6) is 11.5 Å². The minimum Gasteiger partial charge on any atom is -0.467 e. The molecule has 0 radical (unpaired) electrons. The molecular weight excluding hydrogens is 596 g/mol. The Morgan fingerprint density at radius 3 is 1.81 bits per heavy atom. The van der Waals surface area contributed by atoms with Crippen LogP contribution in [0.15, 0.2) is 115 Å². The fourth-order valence-corrected chi connectivity index (χ4v) is 4.84. The average Bonchev–Trinajstić information content (AvgIpc) is 3.11. The zero-order valence-electron chi connectivity index (χ0n) is 26.7. The van der Waals surface area contributed by atoms with Crippen LogP contribution in [0, 0.1) is 0 Å². The molecule has 4 aromatic rings. The summed E-state index contributed by atoms with van der Waals surface area (Å²) in [4.78, 5) is 11.6. The van der Waals surface area contributed by atoms with Crippen molar-refractivity contribution >= 4 is 5.97 Å². The lowest BCUT2D eigenvalue weighted by Crippen LogP contribution is -2.19. The van der Waals surface area contributed by atoms with Crippen LogP contribution in [0.1, 0.15) is 31.7 Å². The van der Waals surface area contributed by atoms with E-state index in [1.165, 1.54) is 11.1 Å². The van der Waals surface area contributed by atoms with Gasteiger partial charge in [0.2, 0.25) is 6.79 Å². The summed E-state index contributed by atoms with van der Waals surface area (Å²) in [6, 6.07) is 30.3. The summed E-state index contributed by atoms with van der Waals surface area (Å²) in [6.45, 7) is 7.91. The molecule has 0 amide bonds. The molecule has 4 aromatic carbocycles. The van der Waals surface area contributed by atoms with Crippen LogP contribution in [0.3, 0.4) is 0 Å². The van der Waals surface area contributed by atoms with Crippen molar-refractivity contribution in [2.75, 3.05) is 26.8 Å². The summed E-state index contributed by atoms with van der Waals surface area (Å²) in [7, 11) is 0. The van der Waals surface area contributed by atoms with Crippen LogP contribution >= 0.6 is 0 Å². The van der Waals surface area contributed by atoms with Gasteiger partial charge in [0.25, 0.3) is 0 Å². The molecule has 0 saturated carbocycles. The number of aryl methyl sites for hydroxylation is 1. The first kappa shape index (κ1) is 35.1. The van der Waals surface area contributed by atoms with Crippen LogP contribution in [-0.4, -0.2) is 54.4 Å². The highest BCUT2D eigenvalue weighted by Crippen LogP contribution is 2.33. The standard InChI is InChI=1S/C39H42O8/c1-4-5-6-7-34-22-33(16-21-37(34)32-14-19-36(20-15-32)45-26-47-39(43)28(3)24-41)31-10-8-29(9-11-31)30-12-17-35(18-13-30)44-25-46-38(42)27(2)23-40/h8-22,39-41,43H,2-7,23-26H2,1H3. The third kappa shape index (κ3) is 10.1. The Bertz CT molecular complexity index is 1610. The second-order valence-corrected chi connectivity index (χ2v) is 11.0. The Hall–Kier alpha value is -4.73. The minimum atomic E-state index is -1.28. The van der Waals surface area contributed by atoms with Crippen LogP contribution in [0.2, 0.25) is 0 Å². The molecule has 8 heteroatoms. The summed E-state index contributed by atoms with van der Waals surface area (Å²) in [5.74, 6) is 0.466. The minimum absolute atomic E-state index is 0.0261. The van der Waals surface area contributed by atoms with E-state index in [9.17, 15) is 9.90 Å². The smallest absolute Gasteiger partial charge is 0.338 e. The number of rotatable bonds is 18. The molecule has 0 aliphatic carbocycles. The quantitative estimate of drug-likeness (QED) is 0.0349. The predicted molar refractivity (Wildman–Crippen MR) is 183 cm³/mol. The van der Waals surface area contributed by atoms with Gasteiger partial charge in [-0.15, -0.1) is 0 Å². The Labute approximate surface area is 276 Å². The van der Waals surface area contributed by atoms with Gasteiger partial charge >= 0.3 is 5.97 Å². The maximum absolute atomic E-state index is 11.6. The molecule has 0 saturated heterocycles. The molecule has 0 aliphatic rings. The van der Waals surface area contributed by atoms with Crippen LogP contribution in [0.4, 0.5) is 0 Å². The summed E-state index contributed by atoms with van der Waals surface area (Å²) in [6.07, 6.45) is 3.10. The van der Waals surface area contributed by atoms with Crippen molar-refractivity contribution in [1.82, 2.24) is 0 Å². The van der Waals surface area contributed by atoms with E-state index in [0.717, 1.165) is 53.5 Å². The topological polar surface area (TPSA) is 115 Å². The molecule has 0 spiro atoms. The van der Waals surface area contributed by atoms with Crippen molar-refractivity contribution in [3.05, 3.63) is 121 Å². The number of unbranched alkanes of at least 4 members (excludes halogenated alkanes) is 2. The molecule has 8 nitrogen and oxygen atoms in total. The van der Waals surface area contributed by atoms with E-state index in [2.05, 4.69) is 62.5 Å². The van der Waals surface area contributed by atoms with Crippen molar-refractivity contribution < 1.29 is 39.1 Å². The van der Waals surface area contributed by atoms with E-state index in [1.54, 1.807) is 0 Å². The highest BCUT2D eigenvalue weighted by atomic mass is 16.7. The maximum atomic E-state index is 11.6. The SMILES string of the molecule is C=C(CO)C(=O)OCOc1ccc(-c2ccc(-c3ccc(-c4ccc(OCOC(O)C(=C)CO)cc4)c(CCCCC)c3)cc2)cc1. The molecule has 0 heterocycles. The predicted octanol–water partition coefficient (Wildman–Crippen LogP) is 7.07. The molecule has 1 atom stereocenters. The second kappa shape index (κ2) is 17.8. The lowest BCUT2D eigenvalue weighted by atomic mass is 9.91. The lowest BCUT2D eigenvalue weighted by molar-refractivity contribution is -0.145. The highest BCUT2D eigenvalue weighted by Gasteiger charge is 2.11. The van der Waals surface area contributed by atoms with Crippen LogP contribution in [-0.2, 0) is 20.7 Å². The fraction of sp³-hybridized carbons (Fsp3) is 0.256. The Balaban J connectivity index is 1.43.